The van der Waals surface area contributed by atoms with Crippen LogP contribution in [0.1, 0.15) is 34.7 Å². The molecule has 1 amide bonds. The number of carbonyl (C=O) groups excluding carboxylic acids is 1. The summed E-state index contributed by atoms with van der Waals surface area (Å²) in [6, 6.07) is 6.07. The van der Waals surface area contributed by atoms with Crippen LogP contribution < -0.4 is 15.8 Å². The highest BCUT2D eigenvalue weighted by Crippen LogP contribution is 2.19. The molecule has 4 rings (SSSR count). The first-order valence-corrected chi connectivity index (χ1v) is 10.6. The Balaban J connectivity index is 1.43. The number of benzene rings is 1. The van der Waals surface area contributed by atoms with Gasteiger partial charge in [0.25, 0.3) is 5.91 Å². The van der Waals surface area contributed by atoms with Gasteiger partial charge in [-0.2, -0.15) is 0 Å². The summed E-state index contributed by atoms with van der Waals surface area (Å²) in [5.74, 6) is -0.300. The zero-order valence-corrected chi connectivity index (χ0v) is 18.5. The first-order chi connectivity index (χ1) is 15.9. The number of rotatable bonds is 7. The number of nitrogens with one attached hydrogen (secondary N) is 1. The Hall–Kier alpha value is -3.44. The summed E-state index contributed by atoms with van der Waals surface area (Å²) in [7, 11) is 1.39. The molecule has 0 aliphatic carbocycles. The van der Waals surface area contributed by atoms with E-state index in [2.05, 4.69) is 25.6 Å². The lowest BCUT2D eigenvalue weighted by atomic mass is 10.1. The van der Waals surface area contributed by atoms with Gasteiger partial charge in [0.1, 0.15) is 17.2 Å². The summed E-state index contributed by atoms with van der Waals surface area (Å²) in [4.78, 5) is 21.3. The Labute approximate surface area is 190 Å². The number of halogens is 1. The Morgan fingerprint density at radius 1 is 1.30 bits per heavy atom. The van der Waals surface area contributed by atoms with Crippen molar-refractivity contribution in [2.24, 2.45) is 5.73 Å². The number of nitrogens with zero attached hydrogens (tertiary/aromatic N) is 5. The minimum absolute atomic E-state index is 0.0397. The number of aryl methyl sites for hydroxylation is 1. The number of aromatic nitrogens is 5. The summed E-state index contributed by atoms with van der Waals surface area (Å²) in [5.41, 5.74) is 7.79. The van der Waals surface area contributed by atoms with Gasteiger partial charge in [-0.25, -0.2) is 19.0 Å². The first-order valence-electron chi connectivity index (χ1n) is 10.6. The second-order valence-corrected chi connectivity index (χ2v) is 7.96. The standard InChI is InChI=1S/C22H26FN7O3/c1-13-26-18(20-11-30(29-28-20)10-16-5-4-15(24)12-33-16)8-19(27-13)22(31)25-9-14-3-6-17(23)21(7-14)32-2/h3,6-8,11,15-16H,4-5,9-10,12,24H2,1-2H3,(H,25,31)/t15-,16+/m1/s1. The molecule has 3 heterocycles. The van der Waals surface area contributed by atoms with Gasteiger partial charge in [-0.15, -0.1) is 5.10 Å². The summed E-state index contributed by atoms with van der Waals surface area (Å²) >= 11 is 0. The van der Waals surface area contributed by atoms with Crippen LogP contribution in [-0.2, 0) is 17.8 Å². The van der Waals surface area contributed by atoms with Gasteiger partial charge >= 0.3 is 0 Å². The van der Waals surface area contributed by atoms with Crippen molar-refractivity contribution in [3.05, 3.63) is 53.4 Å². The molecule has 0 bridgehead atoms. The van der Waals surface area contributed by atoms with E-state index in [-0.39, 0.29) is 36.0 Å². The van der Waals surface area contributed by atoms with E-state index < -0.39 is 5.82 Å². The van der Waals surface area contributed by atoms with Crippen LogP contribution in [0.5, 0.6) is 5.75 Å². The zero-order chi connectivity index (χ0) is 23.4. The Bertz CT molecular complexity index is 1130. The fourth-order valence-electron chi connectivity index (χ4n) is 3.59. The summed E-state index contributed by atoms with van der Waals surface area (Å²) in [5, 5.41) is 11.1. The van der Waals surface area contributed by atoms with Crippen LogP contribution in [0.2, 0.25) is 0 Å². The molecular formula is C22H26FN7O3. The largest absolute Gasteiger partial charge is 0.494 e. The molecule has 33 heavy (non-hydrogen) atoms. The van der Waals surface area contributed by atoms with Crippen LogP contribution in [0, 0.1) is 12.7 Å². The fourth-order valence-corrected chi connectivity index (χ4v) is 3.59. The number of hydrogen-bond acceptors (Lipinski definition) is 8. The molecule has 1 aliphatic rings. The van der Waals surface area contributed by atoms with Gasteiger partial charge in [0.15, 0.2) is 11.6 Å². The molecule has 11 heteroatoms. The second-order valence-electron chi connectivity index (χ2n) is 7.96. The highest BCUT2D eigenvalue weighted by atomic mass is 19.1. The molecule has 3 N–H and O–H groups in total. The van der Waals surface area contributed by atoms with E-state index in [1.165, 1.54) is 19.2 Å². The minimum Gasteiger partial charge on any atom is -0.494 e. The highest BCUT2D eigenvalue weighted by molar-refractivity contribution is 5.93. The number of hydrogen-bond donors (Lipinski definition) is 2. The molecule has 1 aliphatic heterocycles. The Kier molecular flexibility index (Phi) is 6.90. The summed E-state index contributed by atoms with van der Waals surface area (Å²) < 4.78 is 26.0. The first kappa shape index (κ1) is 22.7. The summed E-state index contributed by atoms with van der Waals surface area (Å²) in [6.07, 6.45) is 3.60. The Morgan fingerprint density at radius 3 is 2.91 bits per heavy atom. The van der Waals surface area contributed by atoms with E-state index in [1.54, 1.807) is 29.9 Å². The Morgan fingerprint density at radius 2 is 2.15 bits per heavy atom. The number of ether oxygens (including phenoxy) is 2. The predicted octanol–water partition coefficient (Wildman–Crippen LogP) is 1.63. The molecule has 10 nitrogen and oxygen atoms in total. The van der Waals surface area contributed by atoms with Crippen molar-refractivity contribution in [1.82, 2.24) is 30.3 Å². The maximum absolute atomic E-state index is 13.6. The third-order valence-corrected chi connectivity index (χ3v) is 5.34. The van der Waals surface area contributed by atoms with Crippen molar-refractivity contribution in [1.29, 1.82) is 0 Å². The molecule has 1 aromatic carbocycles. The van der Waals surface area contributed by atoms with Gasteiger partial charge in [0.05, 0.1) is 38.3 Å². The molecule has 2 atom stereocenters. The number of methoxy groups -OCH3 is 1. The van der Waals surface area contributed by atoms with Gasteiger partial charge < -0.3 is 20.5 Å². The lowest BCUT2D eigenvalue weighted by Crippen LogP contribution is -2.37. The molecule has 0 radical (unpaired) electrons. The SMILES string of the molecule is COc1cc(CNC(=O)c2cc(-c3cn(C[C@@H]4CC[C@@H](N)CO4)nn3)nc(C)n2)ccc1F. The van der Waals surface area contributed by atoms with Gasteiger partial charge in [-0.3, -0.25) is 4.79 Å². The second kappa shape index (κ2) is 10.0. The normalized spacial score (nSPS) is 18.2. The molecule has 1 saturated heterocycles. The molecular weight excluding hydrogens is 429 g/mol. The maximum atomic E-state index is 13.6. The average molecular weight is 455 g/mol. The third-order valence-electron chi connectivity index (χ3n) is 5.34. The van der Waals surface area contributed by atoms with E-state index in [0.29, 0.717) is 35.9 Å². The molecule has 0 spiro atoms. The smallest absolute Gasteiger partial charge is 0.270 e. The van der Waals surface area contributed by atoms with Crippen LogP contribution in [0.15, 0.2) is 30.5 Å². The maximum Gasteiger partial charge on any atom is 0.270 e. The third kappa shape index (κ3) is 5.68. The van der Waals surface area contributed by atoms with Crippen LogP contribution in [0.4, 0.5) is 4.39 Å². The lowest BCUT2D eigenvalue weighted by Gasteiger charge is -2.26. The predicted molar refractivity (Wildman–Crippen MR) is 117 cm³/mol. The fraction of sp³-hybridized carbons (Fsp3) is 0.409. The molecule has 3 aromatic rings. The van der Waals surface area contributed by atoms with Gasteiger partial charge in [-0.05, 0) is 43.5 Å². The number of nitrogens with two attached hydrogens (primary N) is 1. The molecule has 0 saturated carbocycles. The molecule has 2 aromatic heterocycles. The number of amides is 1. The quantitative estimate of drug-likeness (QED) is 0.550. The van der Waals surface area contributed by atoms with Gasteiger partial charge in [0, 0.05) is 12.6 Å². The van der Waals surface area contributed by atoms with Crippen LogP contribution in [-0.4, -0.2) is 56.7 Å². The lowest BCUT2D eigenvalue weighted by molar-refractivity contribution is -0.00618. The molecule has 1 fully saturated rings. The topological polar surface area (TPSA) is 130 Å². The van der Waals surface area contributed by atoms with Crippen LogP contribution >= 0.6 is 0 Å². The monoisotopic (exact) mass is 455 g/mol. The van der Waals surface area contributed by atoms with Crippen LogP contribution in [0.25, 0.3) is 11.4 Å². The molecule has 0 unspecified atom stereocenters. The van der Waals surface area contributed by atoms with Crippen molar-refractivity contribution < 1.29 is 18.7 Å². The molecule has 174 valence electrons. The zero-order valence-electron chi connectivity index (χ0n) is 18.5. The minimum atomic E-state index is -0.463. The van der Waals surface area contributed by atoms with E-state index in [0.717, 1.165) is 12.8 Å². The van der Waals surface area contributed by atoms with Crippen molar-refractivity contribution in [3.8, 4) is 17.1 Å². The van der Waals surface area contributed by atoms with Crippen molar-refractivity contribution in [2.45, 2.75) is 45.0 Å². The van der Waals surface area contributed by atoms with Crippen LogP contribution in [0.3, 0.4) is 0 Å². The highest BCUT2D eigenvalue weighted by Gasteiger charge is 2.20. The van der Waals surface area contributed by atoms with Gasteiger partial charge in [0.2, 0.25) is 0 Å². The number of carbonyl (C=O) groups is 1. The van der Waals surface area contributed by atoms with Crippen molar-refractivity contribution in [3.63, 3.8) is 0 Å². The van der Waals surface area contributed by atoms with E-state index >= 15 is 0 Å². The van der Waals surface area contributed by atoms with Crippen molar-refractivity contribution >= 4 is 5.91 Å². The van der Waals surface area contributed by atoms with Crippen molar-refractivity contribution in [2.75, 3.05) is 13.7 Å². The van der Waals surface area contributed by atoms with E-state index in [1.807, 2.05) is 0 Å². The summed E-state index contributed by atoms with van der Waals surface area (Å²) in [6.45, 7) is 3.00. The van der Waals surface area contributed by atoms with Gasteiger partial charge in [-0.1, -0.05) is 11.3 Å². The average Bonchev–Trinajstić information content (AvgIpc) is 3.28. The van der Waals surface area contributed by atoms with E-state index in [4.69, 9.17) is 15.2 Å². The van der Waals surface area contributed by atoms with E-state index in [9.17, 15) is 9.18 Å².